The Labute approximate surface area is 98.9 Å². The third-order valence-corrected chi connectivity index (χ3v) is 2.78. The highest BCUT2D eigenvalue weighted by molar-refractivity contribution is 6.30. The third-order valence-electron chi connectivity index (χ3n) is 2.55. The van der Waals surface area contributed by atoms with E-state index in [2.05, 4.69) is 0 Å². The fourth-order valence-corrected chi connectivity index (χ4v) is 1.86. The molecule has 2 rings (SSSR count). The van der Waals surface area contributed by atoms with Gasteiger partial charge in [0.25, 0.3) is 0 Å². The zero-order chi connectivity index (χ0) is 11.5. The Morgan fingerprint density at radius 3 is 3.00 bits per heavy atom. The molecule has 0 aromatic heterocycles. The molecular weight excluding hydrogens is 228 g/mol. The van der Waals surface area contributed by atoms with Crippen LogP contribution in [0.1, 0.15) is 6.42 Å². The molecule has 86 valence electrons. The summed E-state index contributed by atoms with van der Waals surface area (Å²) in [7, 11) is 0. The van der Waals surface area contributed by atoms with Gasteiger partial charge in [0.1, 0.15) is 6.10 Å². The van der Waals surface area contributed by atoms with Crippen LogP contribution in [0.15, 0.2) is 24.3 Å². The second-order valence-corrected chi connectivity index (χ2v) is 4.10. The highest BCUT2D eigenvalue weighted by Crippen LogP contribution is 2.23. The third kappa shape index (κ3) is 2.28. The summed E-state index contributed by atoms with van der Waals surface area (Å²) in [6.07, 6.45) is 0.223. The Hall–Kier alpha value is -1.26. The topological polar surface area (TPSA) is 55.6 Å². The Balaban J connectivity index is 2.14. The lowest BCUT2D eigenvalue weighted by atomic mass is 10.2. The van der Waals surface area contributed by atoms with Crippen molar-refractivity contribution < 1.29 is 9.53 Å². The molecule has 0 saturated carbocycles. The summed E-state index contributed by atoms with van der Waals surface area (Å²) < 4.78 is 5.16. The Kier molecular flexibility index (Phi) is 3.31. The maximum Gasteiger partial charge on any atom is 0.414 e. The predicted molar refractivity (Wildman–Crippen MR) is 62.7 cm³/mol. The lowest BCUT2D eigenvalue weighted by molar-refractivity contribution is 0.0888. The lowest BCUT2D eigenvalue weighted by Gasteiger charge is -2.31. The number of nitrogens with zero attached hydrogens (tertiary/aromatic N) is 1. The first-order valence-corrected chi connectivity index (χ1v) is 5.52. The van der Waals surface area contributed by atoms with Crippen LogP contribution in [-0.2, 0) is 4.74 Å². The fraction of sp³-hybridized carbons (Fsp3) is 0.364. The summed E-state index contributed by atoms with van der Waals surface area (Å²) in [4.78, 5) is 13.2. The van der Waals surface area contributed by atoms with E-state index in [1.807, 2.05) is 6.07 Å². The Bertz CT molecular complexity index is 397. The summed E-state index contributed by atoms with van der Waals surface area (Å²) in [5.74, 6) is 0. The van der Waals surface area contributed by atoms with Crippen LogP contribution in [-0.4, -0.2) is 25.3 Å². The summed E-state index contributed by atoms with van der Waals surface area (Å²) in [6, 6.07) is 7.14. The van der Waals surface area contributed by atoms with E-state index in [9.17, 15) is 4.79 Å². The molecule has 1 aliphatic heterocycles. The van der Waals surface area contributed by atoms with Crippen LogP contribution < -0.4 is 10.6 Å². The van der Waals surface area contributed by atoms with Crippen LogP contribution in [0.2, 0.25) is 5.02 Å². The molecule has 1 unspecified atom stereocenters. The number of nitrogens with two attached hydrogens (primary N) is 1. The smallest absolute Gasteiger partial charge is 0.414 e. The number of carbonyl (C=O) groups is 1. The number of hydrogen-bond acceptors (Lipinski definition) is 3. The van der Waals surface area contributed by atoms with E-state index < -0.39 is 0 Å². The number of carbonyl (C=O) groups excluding carboxylic acids is 1. The zero-order valence-corrected chi connectivity index (χ0v) is 9.48. The van der Waals surface area contributed by atoms with Crippen molar-refractivity contribution in [1.82, 2.24) is 0 Å². The van der Waals surface area contributed by atoms with Gasteiger partial charge in [0.15, 0.2) is 0 Å². The molecule has 2 N–H and O–H groups in total. The molecule has 0 bridgehead atoms. The van der Waals surface area contributed by atoms with E-state index >= 15 is 0 Å². The van der Waals surface area contributed by atoms with E-state index in [4.69, 9.17) is 22.1 Å². The van der Waals surface area contributed by atoms with Gasteiger partial charge in [-0.15, -0.1) is 0 Å². The number of cyclic esters (lactones) is 1. The van der Waals surface area contributed by atoms with Crippen molar-refractivity contribution >= 4 is 23.4 Å². The van der Waals surface area contributed by atoms with Crippen LogP contribution in [0.3, 0.4) is 0 Å². The SMILES string of the molecule is NCC1CCN(c2cccc(Cl)c2)C(=O)O1. The molecule has 0 aliphatic carbocycles. The number of rotatable bonds is 2. The maximum absolute atomic E-state index is 11.7. The summed E-state index contributed by atoms with van der Waals surface area (Å²) >= 11 is 5.87. The van der Waals surface area contributed by atoms with Crippen molar-refractivity contribution in [3.63, 3.8) is 0 Å². The predicted octanol–water partition coefficient (Wildman–Crippen LogP) is 2.01. The van der Waals surface area contributed by atoms with Gasteiger partial charge in [-0.05, 0) is 18.2 Å². The number of halogens is 1. The van der Waals surface area contributed by atoms with E-state index in [1.165, 1.54) is 0 Å². The molecule has 1 atom stereocenters. The molecule has 4 nitrogen and oxygen atoms in total. The quantitative estimate of drug-likeness (QED) is 0.861. The van der Waals surface area contributed by atoms with Crippen molar-refractivity contribution in [1.29, 1.82) is 0 Å². The van der Waals surface area contributed by atoms with Gasteiger partial charge in [-0.2, -0.15) is 0 Å². The van der Waals surface area contributed by atoms with Gasteiger partial charge in [-0.1, -0.05) is 17.7 Å². The van der Waals surface area contributed by atoms with Crippen LogP contribution in [0.5, 0.6) is 0 Å². The molecule has 0 spiro atoms. The minimum atomic E-state index is -0.357. The first kappa shape index (κ1) is 11.2. The number of ether oxygens (including phenoxy) is 1. The van der Waals surface area contributed by atoms with Crippen molar-refractivity contribution in [2.45, 2.75) is 12.5 Å². The first-order valence-electron chi connectivity index (χ1n) is 5.14. The molecule has 1 aromatic carbocycles. The van der Waals surface area contributed by atoms with Crippen molar-refractivity contribution in [3.8, 4) is 0 Å². The van der Waals surface area contributed by atoms with Crippen molar-refractivity contribution in [3.05, 3.63) is 29.3 Å². The van der Waals surface area contributed by atoms with Crippen molar-refractivity contribution in [2.75, 3.05) is 18.0 Å². The van der Waals surface area contributed by atoms with Crippen LogP contribution in [0.25, 0.3) is 0 Å². The number of benzene rings is 1. The number of hydrogen-bond donors (Lipinski definition) is 1. The van der Waals surface area contributed by atoms with Crippen LogP contribution >= 0.6 is 11.6 Å². The van der Waals surface area contributed by atoms with Gasteiger partial charge in [-0.25, -0.2) is 4.79 Å². The molecular formula is C11H13ClN2O2. The van der Waals surface area contributed by atoms with Gasteiger partial charge in [0.2, 0.25) is 0 Å². The molecule has 1 fully saturated rings. The second-order valence-electron chi connectivity index (χ2n) is 3.66. The summed E-state index contributed by atoms with van der Waals surface area (Å²) in [5.41, 5.74) is 6.21. The highest BCUT2D eigenvalue weighted by Gasteiger charge is 2.27. The highest BCUT2D eigenvalue weighted by atomic mass is 35.5. The largest absolute Gasteiger partial charge is 0.444 e. The fourth-order valence-electron chi connectivity index (χ4n) is 1.67. The van der Waals surface area contributed by atoms with Crippen molar-refractivity contribution in [2.24, 2.45) is 5.73 Å². The number of anilines is 1. The molecule has 0 radical (unpaired) electrons. The second kappa shape index (κ2) is 4.72. The van der Waals surface area contributed by atoms with Gasteiger partial charge in [0.05, 0.1) is 0 Å². The molecule has 1 saturated heterocycles. The summed E-state index contributed by atoms with van der Waals surface area (Å²) in [5, 5.41) is 0.603. The van der Waals surface area contributed by atoms with Gasteiger partial charge < -0.3 is 10.5 Å². The van der Waals surface area contributed by atoms with Gasteiger partial charge in [-0.3, -0.25) is 4.90 Å². The maximum atomic E-state index is 11.7. The molecule has 1 aromatic rings. The number of amides is 1. The monoisotopic (exact) mass is 240 g/mol. The van der Waals surface area contributed by atoms with E-state index in [1.54, 1.807) is 23.1 Å². The van der Waals surface area contributed by atoms with E-state index in [0.717, 1.165) is 12.1 Å². The van der Waals surface area contributed by atoms with E-state index in [0.29, 0.717) is 18.1 Å². The molecule has 1 heterocycles. The standard InChI is InChI=1S/C11H13ClN2O2/c12-8-2-1-3-9(6-8)14-5-4-10(7-13)16-11(14)15/h1-3,6,10H,4-5,7,13H2. The van der Waals surface area contributed by atoms with Gasteiger partial charge in [0, 0.05) is 30.2 Å². The molecule has 1 amide bonds. The normalized spacial score (nSPS) is 20.8. The lowest BCUT2D eigenvalue weighted by Crippen LogP contribution is -2.44. The zero-order valence-electron chi connectivity index (χ0n) is 8.73. The Morgan fingerprint density at radius 2 is 2.38 bits per heavy atom. The summed E-state index contributed by atoms with van der Waals surface area (Å²) in [6.45, 7) is 0.982. The molecule has 5 heteroatoms. The first-order chi connectivity index (χ1) is 7.70. The van der Waals surface area contributed by atoms with Crippen LogP contribution in [0, 0.1) is 0 Å². The molecule has 1 aliphatic rings. The van der Waals surface area contributed by atoms with Gasteiger partial charge >= 0.3 is 6.09 Å². The minimum absolute atomic E-state index is 0.164. The minimum Gasteiger partial charge on any atom is -0.444 e. The Morgan fingerprint density at radius 1 is 1.56 bits per heavy atom. The van der Waals surface area contributed by atoms with E-state index in [-0.39, 0.29) is 12.2 Å². The average molecular weight is 241 g/mol. The molecule has 16 heavy (non-hydrogen) atoms. The van der Waals surface area contributed by atoms with Crippen LogP contribution in [0.4, 0.5) is 10.5 Å². The average Bonchev–Trinajstić information content (AvgIpc) is 2.28.